The molecule has 1 aliphatic heterocycles. The number of nitrogens with zero attached hydrogens (tertiary/aromatic N) is 2. The van der Waals surface area contributed by atoms with E-state index in [1.165, 1.54) is 0 Å². The fraction of sp³-hybridized carbons (Fsp3) is 0.500. The van der Waals surface area contributed by atoms with Crippen LogP contribution in [0.25, 0.3) is 11.8 Å². The average molecular weight is 429 g/mol. The third-order valence-electron chi connectivity index (χ3n) is 5.10. The van der Waals surface area contributed by atoms with E-state index in [0.717, 1.165) is 42.8 Å². The zero-order valence-corrected chi connectivity index (χ0v) is 18.6. The molecule has 0 N–H and O–H groups in total. The van der Waals surface area contributed by atoms with Gasteiger partial charge in [-0.2, -0.15) is 0 Å². The molecule has 1 saturated heterocycles. The first kappa shape index (κ1) is 23.0. The van der Waals surface area contributed by atoms with Gasteiger partial charge in [-0.05, 0) is 69.7 Å². The molecular formula is C24H32N2O5. The fourth-order valence-electron chi connectivity index (χ4n) is 3.53. The van der Waals surface area contributed by atoms with Crippen molar-refractivity contribution in [3.8, 4) is 11.4 Å². The lowest BCUT2D eigenvalue weighted by Gasteiger charge is -2.22. The Labute approximate surface area is 184 Å². The van der Waals surface area contributed by atoms with Gasteiger partial charge in [-0.3, -0.25) is 0 Å². The van der Waals surface area contributed by atoms with Gasteiger partial charge in [-0.15, -0.1) is 0 Å². The number of hydrogen-bond acceptors (Lipinski definition) is 6. The molecule has 0 radical (unpaired) electrons. The maximum atomic E-state index is 12.5. The molecule has 7 nitrogen and oxygen atoms in total. The maximum absolute atomic E-state index is 12.5. The summed E-state index contributed by atoms with van der Waals surface area (Å²) >= 11 is 0. The highest BCUT2D eigenvalue weighted by atomic mass is 16.7. The highest BCUT2D eigenvalue weighted by molar-refractivity contribution is 5.93. The number of methoxy groups -OCH3 is 1. The Balaban J connectivity index is 1.70. The molecule has 1 unspecified atom stereocenters. The van der Waals surface area contributed by atoms with Crippen molar-refractivity contribution in [3.05, 3.63) is 47.6 Å². The van der Waals surface area contributed by atoms with Gasteiger partial charge < -0.3 is 23.5 Å². The molecule has 1 aromatic heterocycles. The van der Waals surface area contributed by atoms with Gasteiger partial charge in [0.2, 0.25) is 0 Å². The predicted molar refractivity (Wildman–Crippen MR) is 118 cm³/mol. The standard InChI is InChI=1S/C24H32N2O5/c1-4-29-24(27)20(8-7-13-31-23-9-5-6-12-30-23)14-19-10-11-21(22(15-19)28-3)26-16-18(2)25-17-26/h10-11,14-17,23H,4-9,12-13H2,1-3H3. The highest BCUT2D eigenvalue weighted by Crippen LogP contribution is 2.26. The van der Waals surface area contributed by atoms with E-state index in [1.807, 2.05) is 48.9 Å². The van der Waals surface area contributed by atoms with Crippen molar-refractivity contribution in [2.24, 2.45) is 0 Å². The number of aryl methyl sites for hydroxylation is 1. The van der Waals surface area contributed by atoms with Crippen LogP contribution in [0.2, 0.25) is 0 Å². The molecule has 0 bridgehead atoms. The van der Waals surface area contributed by atoms with E-state index in [1.54, 1.807) is 13.4 Å². The fourth-order valence-corrected chi connectivity index (χ4v) is 3.53. The Bertz CT molecular complexity index is 884. The minimum Gasteiger partial charge on any atom is -0.495 e. The van der Waals surface area contributed by atoms with Crippen LogP contribution in [0.5, 0.6) is 5.75 Å². The third-order valence-corrected chi connectivity index (χ3v) is 5.10. The Morgan fingerprint density at radius 3 is 2.90 bits per heavy atom. The van der Waals surface area contributed by atoms with E-state index < -0.39 is 0 Å². The molecule has 1 aromatic carbocycles. The number of imidazole rings is 1. The van der Waals surface area contributed by atoms with Crippen LogP contribution < -0.4 is 4.74 Å². The number of hydrogen-bond donors (Lipinski definition) is 0. The maximum Gasteiger partial charge on any atom is 0.334 e. The van der Waals surface area contributed by atoms with Crippen molar-refractivity contribution in [2.75, 3.05) is 26.9 Å². The smallest absolute Gasteiger partial charge is 0.334 e. The highest BCUT2D eigenvalue weighted by Gasteiger charge is 2.15. The number of benzene rings is 1. The van der Waals surface area contributed by atoms with E-state index in [0.29, 0.717) is 37.4 Å². The second-order valence-electron chi connectivity index (χ2n) is 7.51. The van der Waals surface area contributed by atoms with Gasteiger partial charge in [0.15, 0.2) is 6.29 Å². The van der Waals surface area contributed by atoms with Crippen LogP contribution in [0.1, 0.15) is 50.3 Å². The Hall–Kier alpha value is -2.64. The summed E-state index contributed by atoms with van der Waals surface area (Å²) in [5, 5.41) is 0. The summed E-state index contributed by atoms with van der Waals surface area (Å²) < 4.78 is 24.1. The Kier molecular flexibility index (Phi) is 8.67. The molecule has 31 heavy (non-hydrogen) atoms. The van der Waals surface area contributed by atoms with E-state index in [-0.39, 0.29) is 12.3 Å². The van der Waals surface area contributed by atoms with Gasteiger partial charge in [0.1, 0.15) is 5.75 Å². The summed E-state index contributed by atoms with van der Waals surface area (Å²) in [6.45, 7) is 5.39. The molecular weight excluding hydrogens is 396 g/mol. The van der Waals surface area contributed by atoms with Crippen molar-refractivity contribution >= 4 is 12.0 Å². The van der Waals surface area contributed by atoms with Crippen molar-refractivity contribution in [1.82, 2.24) is 9.55 Å². The molecule has 2 aromatic rings. The van der Waals surface area contributed by atoms with Crippen LogP contribution in [0.3, 0.4) is 0 Å². The number of carbonyl (C=O) groups is 1. The van der Waals surface area contributed by atoms with E-state index in [4.69, 9.17) is 18.9 Å². The number of carbonyl (C=O) groups excluding carboxylic acids is 1. The van der Waals surface area contributed by atoms with Crippen LogP contribution in [0.4, 0.5) is 0 Å². The number of esters is 1. The molecule has 1 aliphatic rings. The van der Waals surface area contributed by atoms with Gasteiger partial charge in [0.05, 0.1) is 38.0 Å². The lowest BCUT2D eigenvalue weighted by Crippen LogP contribution is -2.22. The number of ether oxygens (including phenoxy) is 4. The van der Waals surface area contributed by atoms with Crippen LogP contribution in [0.15, 0.2) is 36.3 Å². The minimum atomic E-state index is -0.301. The summed E-state index contributed by atoms with van der Waals surface area (Å²) in [7, 11) is 1.63. The molecule has 2 heterocycles. The second kappa shape index (κ2) is 11.7. The molecule has 0 spiro atoms. The first-order valence-corrected chi connectivity index (χ1v) is 10.9. The zero-order chi connectivity index (χ0) is 22.1. The second-order valence-corrected chi connectivity index (χ2v) is 7.51. The third kappa shape index (κ3) is 6.67. The SMILES string of the molecule is CCOC(=O)C(=Cc1ccc(-n2cnc(C)c2)c(OC)c1)CCCOC1CCCCO1. The molecule has 0 saturated carbocycles. The van der Waals surface area contributed by atoms with Crippen LogP contribution in [-0.4, -0.2) is 48.7 Å². The minimum absolute atomic E-state index is 0.118. The summed E-state index contributed by atoms with van der Waals surface area (Å²) in [6, 6.07) is 5.83. The average Bonchev–Trinajstić information content (AvgIpc) is 3.22. The van der Waals surface area contributed by atoms with Crippen LogP contribution in [-0.2, 0) is 19.0 Å². The molecule has 3 rings (SSSR count). The van der Waals surface area contributed by atoms with E-state index >= 15 is 0 Å². The summed E-state index contributed by atoms with van der Waals surface area (Å²) in [5.74, 6) is 0.400. The van der Waals surface area contributed by atoms with Crippen molar-refractivity contribution in [3.63, 3.8) is 0 Å². The lowest BCUT2D eigenvalue weighted by molar-refractivity contribution is -0.162. The summed E-state index contributed by atoms with van der Waals surface area (Å²) in [6.07, 6.45) is 9.88. The van der Waals surface area contributed by atoms with Gasteiger partial charge in [0.25, 0.3) is 0 Å². The molecule has 168 valence electrons. The zero-order valence-electron chi connectivity index (χ0n) is 18.6. The predicted octanol–water partition coefficient (Wildman–Crippen LogP) is 4.46. The van der Waals surface area contributed by atoms with Crippen LogP contribution in [0, 0.1) is 6.92 Å². The Morgan fingerprint density at radius 1 is 1.35 bits per heavy atom. The quantitative estimate of drug-likeness (QED) is 0.316. The normalized spacial score (nSPS) is 16.9. The van der Waals surface area contributed by atoms with E-state index in [9.17, 15) is 4.79 Å². The molecule has 0 amide bonds. The first-order valence-electron chi connectivity index (χ1n) is 10.9. The van der Waals surface area contributed by atoms with Gasteiger partial charge in [0, 0.05) is 18.4 Å². The molecule has 1 atom stereocenters. The van der Waals surface area contributed by atoms with Crippen molar-refractivity contribution in [1.29, 1.82) is 0 Å². The van der Waals surface area contributed by atoms with Crippen LogP contribution >= 0.6 is 0 Å². The Morgan fingerprint density at radius 2 is 2.23 bits per heavy atom. The topological polar surface area (TPSA) is 71.8 Å². The van der Waals surface area contributed by atoms with Gasteiger partial charge >= 0.3 is 5.97 Å². The molecule has 7 heteroatoms. The first-order chi connectivity index (χ1) is 15.1. The largest absolute Gasteiger partial charge is 0.495 e. The lowest BCUT2D eigenvalue weighted by atomic mass is 10.1. The van der Waals surface area contributed by atoms with Gasteiger partial charge in [-0.25, -0.2) is 9.78 Å². The monoisotopic (exact) mass is 428 g/mol. The summed E-state index contributed by atoms with van der Waals surface area (Å²) in [5.41, 5.74) is 3.30. The van der Waals surface area contributed by atoms with Crippen molar-refractivity contribution < 1.29 is 23.7 Å². The van der Waals surface area contributed by atoms with E-state index in [2.05, 4.69) is 4.98 Å². The van der Waals surface area contributed by atoms with Gasteiger partial charge in [-0.1, -0.05) is 6.07 Å². The van der Waals surface area contributed by atoms with Crippen molar-refractivity contribution in [2.45, 2.75) is 52.2 Å². The number of rotatable bonds is 10. The molecule has 0 aliphatic carbocycles. The summed E-state index contributed by atoms with van der Waals surface area (Å²) in [4.78, 5) is 16.8. The number of aromatic nitrogens is 2. The molecule has 1 fully saturated rings.